The molecule has 3 aromatic rings. The Kier molecular flexibility index (Phi) is 5.70. The predicted octanol–water partition coefficient (Wildman–Crippen LogP) is 3.06. The van der Waals surface area contributed by atoms with Crippen LogP contribution in [0.1, 0.15) is 5.56 Å². The molecule has 0 radical (unpaired) electrons. The third-order valence-electron chi connectivity index (χ3n) is 5.25. The first-order valence-electron chi connectivity index (χ1n) is 9.84. The van der Waals surface area contributed by atoms with Crippen LogP contribution in [0.3, 0.4) is 0 Å². The second-order valence-electron chi connectivity index (χ2n) is 7.31. The Morgan fingerprint density at radius 1 is 0.966 bits per heavy atom. The Hall–Kier alpha value is -3.41. The van der Waals surface area contributed by atoms with Crippen molar-refractivity contribution >= 4 is 17.9 Å². The van der Waals surface area contributed by atoms with Gasteiger partial charge in [0.25, 0.3) is 0 Å². The zero-order valence-electron chi connectivity index (χ0n) is 16.6. The minimum absolute atomic E-state index is 0.602. The van der Waals surface area contributed by atoms with E-state index in [2.05, 4.69) is 51.2 Å². The van der Waals surface area contributed by atoms with Gasteiger partial charge in [0.15, 0.2) is 0 Å². The summed E-state index contributed by atoms with van der Waals surface area (Å²) in [6.07, 6.45) is 6.46. The summed E-state index contributed by atoms with van der Waals surface area (Å²) in [7, 11) is 1.78. The first-order chi connectivity index (χ1) is 14.2. The Balaban J connectivity index is 1.41. The summed E-state index contributed by atoms with van der Waals surface area (Å²) in [5.41, 5.74) is 4.53. The Bertz CT molecular complexity index is 937. The van der Waals surface area contributed by atoms with Crippen molar-refractivity contribution in [3.63, 3.8) is 0 Å². The number of pyridine rings is 2. The van der Waals surface area contributed by atoms with E-state index >= 15 is 0 Å². The van der Waals surface area contributed by atoms with Crippen molar-refractivity contribution in [2.75, 3.05) is 43.0 Å². The highest BCUT2D eigenvalue weighted by Crippen LogP contribution is 2.24. The van der Waals surface area contributed by atoms with E-state index < -0.39 is 0 Å². The van der Waals surface area contributed by atoms with Gasteiger partial charge in [-0.05, 0) is 41.5 Å². The van der Waals surface area contributed by atoms with Crippen molar-refractivity contribution in [3.8, 4) is 11.1 Å². The van der Waals surface area contributed by atoms with Crippen LogP contribution in [0.4, 0.5) is 11.5 Å². The van der Waals surface area contributed by atoms with E-state index in [9.17, 15) is 4.79 Å². The van der Waals surface area contributed by atoms with Gasteiger partial charge in [-0.25, -0.2) is 4.98 Å². The molecule has 1 saturated heterocycles. The van der Waals surface area contributed by atoms with Gasteiger partial charge in [0.1, 0.15) is 5.82 Å². The lowest BCUT2D eigenvalue weighted by atomic mass is 10.0. The average molecular weight is 387 g/mol. The standard InChI is InChI=1S/C23H25N5O/c1-26(18-29)17-19-3-2-4-20(15-19)21-5-6-23(25-16-21)28-13-11-27(12-14-28)22-7-9-24-10-8-22/h2-10,15-16,18H,11-14,17H2,1H3. The maximum Gasteiger partial charge on any atom is 0.209 e. The summed E-state index contributed by atoms with van der Waals surface area (Å²) in [5, 5.41) is 0. The molecule has 0 unspecified atom stereocenters. The van der Waals surface area contributed by atoms with E-state index in [0.717, 1.165) is 55.1 Å². The molecule has 6 heteroatoms. The van der Waals surface area contributed by atoms with E-state index in [-0.39, 0.29) is 0 Å². The highest BCUT2D eigenvalue weighted by atomic mass is 16.1. The summed E-state index contributed by atoms with van der Waals surface area (Å²) in [6, 6.07) is 16.6. The SMILES string of the molecule is CN(C=O)Cc1cccc(-c2ccc(N3CCN(c4ccncc4)CC3)nc2)c1. The second-order valence-corrected chi connectivity index (χ2v) is 7.31. The number of benzene rings is 1. The fraction of sp³-hybridized carbons (Fsp3) is 0.261. The number of carbonyl (C=O) groups excluding carboxylic acids is 1. The van der Waals surface area contributed by atoms with Gasteiger partial charge in [-0.3, -0.25) is 9.78 Å². The van der Waals surface area contributed by atoms with Crippen LogP contribution in [0.2, 0.25) is 0 Å². The lowest BCUT2D eigenvalue weighted by molar-refractivity contribution is -0.117. The van der Waals surface area contributed by atoms with Crippen LogP contribution in [-0.2, 0) is 11.3 Å². The normalized spacial score (nSPS) is 14.0. The van der Waals surface area contributed by atoms with E-state index in [4.69, 9.17) is 4.98 Å². The van der Waals surface area contributed by atoms with E-state index in [1.165, 1.54) is 5.69 Å². The van der Waals surface area contributed by atoms with Gasteiger partial charge < -0.3 is 14.7 Å². The molecule has 0 atom stereocenters. The van der Waals surface area contributed by atoms with Crippen LogP contribution in [-0.4, -0.2) is 54.5 Å². The molecule has 4 rings (SSSR count). The molecule has 1 aromatic carbocycles. The maximum atomic E-state index is 10.9. The zero-order chi connectivity index (χ0) is 20.1. The van der Waals surface area contributed by atoms with Gasteiger partial charge in [-0.1, -0.05) is 18.2 Å². The van der Waals surface area contributed by atoms with Crippen molar-refractivity contribution in [1.29, 1.82) is 0 Å². The van der Waals surface area contributed by atoms with Crippen LogP contribution < -0.4 is 9.80 Å². The van der Waals surface area contributed by atoms with Crippen LogP contribution in [0.25, 0.3) is 11.1 Å². The number of nitrogens with zero attached hydrogens (tertiary/aromatic N) is 5. The van der Waals surface area contributed by atoms with Gasteiger partial charge in [0.2, 0.25) is 6.41 Å². The van der Waals surface area contributed by atoms with E-state index in [1.807, 2.05) is 30.7 Å². The number of anilines is 2. The van der Waals surface area contributed by atoms with Crippen molar-refractivity contribution in [2.24, 2.45) is 0 Å². The van der Waals surface area contributed by atoms with Gasteiger partial charge in [0, 0.05) is 69.6 Å². The third kappa shape index (κ3) is 4.54. The number of carbonyl (C=O) groups is 1. The topological polar surface area (TPSA) is 52.6 Å². The molecule has 1 amide bonds. The molecule has 0 saturated carbocycles. The lowest BCUT2D eigenvalue weighted by Gasteiger charge is -2.36. The molecule has 2 aromatic heterocycles. The van der Waals surface area contributed by atoms with Crippen LogP contribution >= 0.6 is 0 Å². The van der Waals surface area contributed by atoms with Gasteiger partial charge in [0.05, 0.1) is 0 Å². The number of aromatic nitrogens is 2. The number of piperazine rings is 1. The quantitative estimate of drug-likeness (QED) is 0.609. The van der Waals surface area contributed by atoms with Gasteiger partial charge in [-0.2, -0.15) is 0 Å². The molecule has 148 valence electrons. The molecule has 1 aliphatic heterocycles. The fourth-order valence-electron chi connectivity index (χ4n) is 3.67. The predicted molar refractivity (Wildman–Crippen MR) is 116 cm³/mol. The first kappa shape index (κ1) is 18.9. The zero-order valence-corrected chi connectivity index (χ0v) is 16.6. The third-order valence-corrected chi connectivity index (χ3v) is 5.25. The largest absolute Gasteiger partial charge is 0.368 e. The number of hydrogen-bond donors (Lipinski definition) is 0. The van der Waals surface area contributed by atoms with Gasteiger partial charge in [-0.15, -0.1) is 0 Å². The monoisotopic (exact) mass is 387 g/mol. The molecule has 1 aliphatic rings. The number of rotatable bonds is 6. The van der Waals surface area contributed by atoms with Crippen LogP contribution in [0, 0.1) is 0 Å². The highest BCUT2D eigenvalue weighted by molar-refractivity contribution is 5.65. The minimum atomic E-state index is 0.602. The Labute approximate surface area is 171 Å². The molecule has 0 aliphatic carbocycles. The summed E-state index contributed by atoms with van der Waals surface area (Å²) < 4.78 is 0. The smallest absolute Gasteiger partial charge is 0.209 e. The summed E-state index contributed by atoms with van der Waals surface area (Å²) >= 11 is 0. The lowest BCUT2D eigenvalue weighted by Crippen LogP contribution is -2.46. The molecule has 3 heterocycles. The van der Waals surface area contributed by atoms with Crippen LogP contribution in [0.15, 0.2) is 67.1 Å². The van der Waals surface area contributed by atoms with Crippen molar-refractivity contribution in [1.82, 2.24) is 14.9 Å². The highest BCUT2D eigenvalue weighted by Gasteiger charge is 2.18. The summed E-state index contributed by atoms with van der Waals surface area (Å²) in [4.78, 5) is 26.0. The Morgan fingerprint density at radius 2 is 1.72 bits per heavy atom. The summed E-state index contributed by atoms with van der Waals surface area (Å²) in [6.45, 7) is 4.44. The van der Waals surface area contributed by atoms with Crippen molar-refractivity contribution in [2.45, 2.75) is 6.54 Å². The fourth-order valence-corrected chi connectivity index (χ4v) is 3.67. The first-order valence-corrected chi connectivity index (χ1v) is 9.84. The molecule has 0 N–H and O–H groups in total. The van der Waals surface area contributed by atoms with E-state index in [1.54, 1.807) is 11.9 Å². The minimum Gasteiger partial charge on any atom is -0.368 e. The Morgan fingerprint density at radius 3 is 2.41 bits per heavy atom. The second kappa shape index (κ2) is 8.73. The van der Waals surface area contributed by atoms with Gasteiger partial charge >= 0.3 is 0 Å². The van der Waals surface area contributed by atoms with Crippen molar-refractivity contribution in [3.05, 3.63) is 72.7 Å². The van der Waals surface area contributed by atoms with Crippen LogP contribution in [0.5, 0.6) is 0 Å². The molecule has 0 spiro atoms. The molecular weight excluding hydrogens is 362 g/mol. The average Bonchev–Trinajstić information content (AvgIpc) is 2.80. The molecule has 1 fully saturated rings. The number of hydrogen-bond acceptors (Lipinski definition) is 5. The molecule has 6 nitrogen and oxygen atoms in total. The molecule has 29 heavy (non-hydrogen) atoms. The van der Waals surface area contributed by atoms with E-state index in [0.29, 0.717) is 6.54 Å². The molecular formula is C23H25N5O. The molecule has 0 bridgehead atoms. The summed E-state index contributed by atoms with van der Waals surface area (Å²) in [5.74, 6) is 1.01. The number of amides is 1. The van der Waals surface area contributed by atoms with Crippen molar-refractivity contribution < 1.29 is 4.79 Å². The maximum absolute atomic E-state index is 10.9.